The first kappa shape index (κ1) is 16.9. The third-order valence-corrected chi connectivity index (χ3v) is 4.88. The number of ether oxygens (including phenoxy) is 1. The number of likely N-dealkylation sites (tertiary alicyclic amines) is 1. The van der Waals surface area contributed by atoms with E-state index in [-0.39, 0.29) is 25.0 Å². The Morgan fingerprint density at radius 1 is 1.33 bits per heavy atom. The first-order valence-corrected chi connectivity index (χ1v) is 8.54. The maximum absolute atomic E-state index is 12.6. The molecule has 130 valence electrons. The zero-order chi connectivity index (χ0) is 16.9. The predicted molar refractivity (Wildman–Crippen MR) is 90.3 cm³/mol. The predicted octanol–water partition coefficient (Wildman–Crippen LogP) is 0.624. The van der Waals surface area contributed by atoms with Gasteiger partial charge in [-0.1, -0.05) is 30.3 Å². The Bertz CT molecular complexity index is 578. The fraction of sp³-hybridized carbons (Fsp3) is 0.556. The third-order valence-electron chi connectivity index (χ3n) is 4.88. The Morgan fingerprint density at radius 3 is 2.83 bits per heavy atom. The molecule has 2 aliphatic heterocycles. The van der Waals surface area contributed by atoms with Crippen molar-refractivity contribution in [3.63, 3.8) is 0 Å². The molecular weight excluding hydrogens is 306 g/mol. The van der Waals surface area contributed by atoms with Gasteiger partial charge in [0.15, 0.2) is 0 Å². The van der Waals surface area contributed by atoms with E-state index in [0.29, 0.717) is 19.1 Å². The Hall–Kier alpha value is -1.92. The molecule has 3 rings (SSSR count). The molecule has 0 saturated carbocycles. The highest BCUT2D eigenvalue weighted by Gasteiger charge is 2.34. The average molecular weight is 331 g/mol. The number of morpholine rings is 1. The topological polar surface area (TPSA) is 61.9 Å². The number of nitrogens with one attached hydrogen (secondary N) is 1. The molecule has 2 fully saturated rings. The lowest BCUT2D eigenvalue weighted by molar-refractivity contribution is -0.155. The average Bonchev–Trinajstić information content (AvgIpc) is 3.00. The number of benzene rings is 1. The van der Waals surface area contributed by atoms with E-state index in [1.165, 1.54) is 6.42 Å². The molecule has 0 unspecified atom stereocenters. The van der Waals surface area contributed by atoms with Crippen LogP contribution in [0.5, 0.6) is 0 Å². The Morgan fingerprint density at radius 2 is 2.12 bits per heavy atom. The number of carbonyl (C=O) groups is 2. The van der Waals surface area contributed by atoms with Crippen LogP contribution >= 0.6 is 0 Å². The number of rotatable bonds is 5. The summed E-state index contributed by atoms with van der Waals surface area (Å²) in [5.41, 5.74) is 1.01. The van der Waals surface area contributed by atoms with Gasteiger partial charge in [-0.2, -0.15) is 0 Å². The molecule has 2 atom stereocenters. The van der Waals surface area contributed by atoms with E-state index >= 15 is 0 Å². The van der Waals surface area contributed by atoms with E-state index in [2.05, 4.69) is 17.3 Å². The van der Waals surface area contributed by atoms with Crippen LogP contribution in [0.25, 0.3) is 0 Å². The number of likely N-dealkylation sites (N-methyl/N-ethyl adjacent to an activating group) is 1. The van der Waals surface area contributed by atoms with Gasteiger partial charge in [0.05, 0.1) is 6.61 Å². The molecule has 2 saturated heterocycles. The maximum atomic E-state index is 12.6. The molecule has 6 heteroatoms. The molecule has 0 spiro atoms. The van der Waals surface area contributed by atoms with Crippen molar-refractivity contribution in [2.75, 3.05) is 33.4 Å². The van der Waals surface area contributed by atoms with Crippen molar-refractivity contribution >= 4 is 11.8 Å². The van der Waals surface area contributed by atoms with Gasteiger partial charge in [-0.15, -0.1) is 0 Å². The van der Waals surface area contributed by atoms with E-state index in [1.807, 2.05) is 30.3 Å². The van der Waals surface area contributed by atoms with Crippen molar-refractivity contribution in [2.24, 2.45) is 0 Å². The normalized spacial score (nSPS) is 25.0. The van der Waals surface area contributed by atoms with Crippen LogP contribution in [0.2, 0.25) is 0 Å². The molecule has 24 heavy (non-hydrogen) atoms. The zero-order valence-electron chi connectivity index (χ0n) is 14.1. The Kier molecular flexibility index (Phi) is 5.48. The van der Waals surface area contributed by atoms with Crippen molar-refractivity contribution in [1.29, 1.82) is 0 Å². The van der Waals surface area contributed by atoms with E-state index in [4.69, 9.17) is 4.74 Å². The highest BCUT2D eigenvalue weighted by Crippen LogP contribution is 2.16. The number of hydrogen-bond donors (Lipinski definition) is 1. The van der Waals surface area contributed by atoms with Gasteiger partial charge in [-0.3, -0.25) is 9.59 Å². The largest absolute Gasteiger partial charge is 0.369 e. The second-order valence-electron chi connectivity index (χ2n) is 6.56. The zero-order valence-corrected chi connectivity index (χ0v) is 14.1. The van der Waals surface area contributed by atoms with Gasteiger partial charge in [0.2, 0.25) is 11.8 Å². The highest BCUT2D eigenvalue weighted by atomic mass is 16.5. The van der Waals surface area contributed by atoms with Crippen LogP contribution in [0.4, 0.5) is 0 Å². The van der Waals surface area contributed by atoms with Gasteiger partial charge < -0.3 is 19.9 Å². The Balaban J connectivity index is 1.62. The second kappa shape index (κ2) is 7.77. The minimum Gasteiger partial charge on any atom is -0.369 e. The SMILES string of the molecule is CN1CCC[C@@H]1CNC(=O)[C@@H]1COCC(=O)N1Cc1ccccc1. The molecule has 6 nitrogen and oxygen atoms in total. The van der Waals surface area contributed by atoms with Crippen molar-refractivity contribution in [3.8, 4) is 0 Å². The van der Waals surface area contributed by atoms with Crippen molar-refractivity contribution < 1.29 is 14.3 Å². The molecular formula is C18H25N3O3. The summed E-state index contributed by atoms with van der Waals surface area (Å²) in [5, 5.41) is 3.01. The van der Waals surface area contributed by atoms with E-state index in [1.54, 1.807) is 4.90 Å². The quantitative estimate of drug-likeness (QED) is 0.859. The maximum Gasteiger partial charge on any atom is 0.249 e. The summed E-state index contributed by atoms with van der Waals surface area (Å²) >= 11 is 0. The van der Waals surface area contributed by atoms with Gasteiger partial charge in [-0.05, 0) is 32.0 Å². The van der Waals surface area contributed by atoms with Crippen LogP contribution < -0.4 is 5.32 Å². The summed E-state index contributed by atoms with van der Waals surface area (Å²) in [6.45, 7) is 2.43. The lowest BCUT2D eigenvalue weighted by Gasteiger charge is -2.35. The van der Waals surface area contributed by atoms with E-state index in [9.17, 15) is 9.59 Å². The van der Waals surface area contributed by atoms with Crippen molar-refractivity contribution in [1.82, 2.24) is 15.1 Å². The first-order valence-electron chi connectivity index (χ1n) is 8.54. The molecule has 1 aromatic rings. The summed E-state index contributed by atoms with van der Waals surface area (Å²) in [5.74, 6) is -0.262. The van der Waals surface area contributed by atoms with Crippen LogP contribution in [0.3, 0.4) is 0 Å². The molecule has 0 aliphatic carbocycles. The number of hydrogen-bond acceptors (Lipinski definition) is 4. The molecule has 2 aliphatic rings. The van der Waals surface area contributed by atoms with Crippen LogP contribution in [0.1, 0.15) is 18.4 Å². The minimum absolute atomic E-state index is 0.0436. The van der Waals surface area contributed by atoms with Crippen LogP contribution in [0.15, 0.2) is 30.3 Å². The molecule has 2 heterocycles. The summed E-state index contributed by atoms with van der Waals surface area (Å²) in [4.78, 5) is 28.7. The van der Waals surface area contributed by atoms with Gasteiger partial charge >= 0.3 is 0 Å². The highest BCUT2D eigenvalue weighted by molar-refractivity contribution is 5.89. The van der Waals surface area contributed by atoms with Crippen LogP contribution in [0, 0.1) is 0 Å². The second-order valence-corrected chi connectivity index (χ2v) is 6.56. The Labute approximate surface area is 142 Å². The van der Waals surface area contributed by atoms with Crippen molar-refractivity contribution in [3.05, 3.63) is 35.9 Å². The van der Waals surface area contributed by atoms with Gasteiger partial charge in [0.25, 0.3) is 0 Å². The van der Waals surface area contributed by atoms with Gasteiger partial charge in [0.1, 0.15) is 12.6 Å². The molecule has 0 bridgehead atoms. The van der Waals surface area contributed by atoms with E-state index in [0.717, 1.165) is 18.5 Å². The monoisotopic (exact) mass is 331 g/mol. The van der Waals surface area contributed by atoms with Gasteiger partial charge in [0, 0.05) is 19.1 Å². The number of amides is 2. The van der Waals surface area contributed by atoms with Crippen molar-refractivity contribution in [2.45, 2.75) is 31.5 Å². The van der Waals surface area contributed by atoms with E-state index < -0.39 is 6.04 Å². The summed E-state index contributed by atoms with van der Waals surface area (Å²) in [7, 11) is 2.08. The molecule has 2 amide bonds. The number of nitrogens with zero attached hydrogens (tertiary/aromatic N) is 2. The summed E-state index contributed by atoms with van der Waals surface area (Å²) in [6.07, 6.45) is 2.27. The summed E-state index contributed by atoms with van der Waals surface area (Å²) < 4.78 is 5.31. The molecule has 1 aromatic carbocycles. The molecule has 0 radical (unpaired) electrons. The lowest BCUT2D eigenvalue weighted by atomic mass is 10.1. The third kappa shape index (κ3) is 3.94. The fourth-order valence-corrected chi connectivity index (χ4v) is 3.37. The standard InChI is InChI=1S/C18H25N3O3/c1-20-9-5-8-15(20)10-19-18(23)16-12-24-13-17(22)21(16)11-14-6-3-2-4-7-14/h2-4,6-7,15-16H,5,8-13H2,1H3,(H,19,23)/t15-,16+/m1/s1. The minimum atomic E-state index is -0.557. The molecule has 0 aromatic heterocycles. The van der Waals surface area contributed by atoms with Crippen LogP contribution in [-0.4, -0.2) is 67.0 Å². The van der Waals surface area contributed by atoms with Gasteiger partial charge in [-0.25, -0.2) is 0 Å². The smallest absolute Gasteiger partial charge is 0.249 e. The summed E-state index contributed by atoms with van der Waals surface area (Å²) in [6, 6.07) is 9.56. The molecule has 1 N–H and O–H groups in total. The lowest BCUT2D eigenvalue weighted by Crippen LogP contribution is -2.56. The van der Waals surface area contributed by atoms with Crippen LogP contribution in [-0.2, 0) is 20.9 Å². The fourth-order valence-electron chi connectivity index (χ4n) is 3.37. The number of carbonyl (C=O) groups excluding carboxylic acids is 2. The first-order chi connectivity index (χ1) is 11.6.